The molecular formula is C12H19NO. The molecule has 14 heavy (non-hydrogen) atoms. The summed E-state index contributed by atoms with van der Waals surface area (Å²) in [5, 5.41) is 0. The zero-order valence-corrected chi connectivity index (χ0v) is 9.77. The Morgan fingerprint density at radius 3 is 1.93 bits per heavy atom. The van der Waals surface area contributed by atoms with Crippen LogP contribution in [0.3, 0.4) is 0 Å². The highest BCUT2D eigenvalue weighted by atomic mass is 16.5. The number of pyridine rings is 1. The van der Waals surface area contributed by atoms with Crippen LogP contribution >= 0.6 is 0 Å². The Balaban J connectivity index is 3.11. The average molecular weight is 193 g/mol. The van der Waals surface area contributed by atoms with Gasteiger partial charge < -0.3 is 4.74 Å². The van der Waals surface area contributed by atoms with Crippen molar-refractivity contribution in [1.82, 2.24) is 4.98 Å². The third-order valence-electron chi connectivity index (χ3n) is 2.55. The van der Waals surface area contributed by atoms with E-state index >= 15 is 0 Å². The van der Waals surface area contributed by atoms with Gasteiger partial charge in [-0.05, 0) is 34.1 Å². The first kappa shape index (κ1) is 11.0. The molecule has 0 amide bonds. The molecule has 0 spiro atoms. The number of rotatable bonds is 3. The fourth-order valence-corrected chi connectivity index (χ4v) is 1.45. The summed E-state index contributed by atoms with van der Waals surface area (Å²) in [5.41, 5.74) is 4.47. The van der Waals surface area contributed by atoms with Gasteiger partial charge in [-0.1, -0.05) is 6.92 Å². The Labute approximate surface area is 86.3 Å². The van der Waals surface area contributed by atoms with Gasteiger partial charge in [0.15, 0.2) is 0 Å². The number of hydrogen-bond donors (Lipinski definition) is 0. The SMILES string of the molecule is CCCOc1c(C)c(C)nc(C)c1C. The van der Waals surface area contributed by atoms with Crippen molar-refractivity contribution >= 4 is 0 Å². The lowest BCUT2D eigenvalue weighted by Gasteiger charge is -2.14. The van der Waals surface area contributed by atoms with Gasteiger partial charge in [0.2, 0.25) is 0 Å². The summed E-state index contributed by atoms with van der Waals surface area (Å²) >= 11 is 0. The lowest BCUT2D eigenvalue weighted by molar-refractivity contribution is 0.312. The van der Waals surface area contributed by atoms with Crippen molar-refractivity contribution in [3.63, 3.8) is 0 Å². The van der Waals surface area contributed by atoms with Crippen molar-refractivity contribution < 1.29 is 4.74 Å². The average Bonchev–Trinajstić information content (AvgIpc) is 2.15. The first-order valence-electron chi connectivity index (χ1n) is 5.15. The number of hydrogen-bond acceptors (Lipinski definition) is 2. The van der Waals surface area contributed by atoms with Crippen molar-refractivity contribution in [1.29, 1.82) is 0 Å². The summed E-state index contributed by atoms with van der Waals surface area (Å²) in [6.45, 7) is 11.1. The zero-order chi connectivity index (χ0) is 10.7. The second-order valence-corrected chi connectivity index (χ2v) is 3.71. The molecule has 2 nitrogen and oxygen atoms in total. The number of ether oxygens (including phenoxy) is 1. The molecule has 1 aromatic rings. The smallest absolute Gasteiger partial charge is 0.128 e. The van der Waals surface area contributed by atoms with Gasteiger partial charge in [-0.2, -0.15) is 0 Å². The highest BCUT2D eigenvalue weighted by Gasteiger charge is 2.10. The monoisotopic (exact) mass is 193 g/mol. The normalized spacial score (nSPS) is 10.4. The third kappa shape index (κ3) is 2.06. The van der Waals surface area contributed by atoms with Crippen molar-refractivity contribution in [2.45, 2.75) is 41.0 Å². The van der Waals surface area contributed by atoms with E-state index in [-0.39, 0.29) is 0 Å². The highest BCUT2D eigenvalue weighted by molar-refractivity contribution is 5.44. The fraction of sp³-hybridized carbons (Fsp3) is 0.583. The van der Waals surface area contributed by atoms with E-state index in [9.17, 15) is 0 Å². The molecule has 78 valence electrons. The van der Waals surface area contributed by atoms with Gasteiger partial charge in [0.1, 0.15) is 5.75 Å². The Morgan fingerprint density at radius 1 is 1.00 bits per heavy atom. The largest absolute Gasteiger partial charge is 0.493 e. The maximum Gasteiger partial charge on any atom is 0.128 e. The molecule has 0 radical (unpaired) electrons. The van der Waals surface area contributed by atoms with Crippen molar-refractivity contribution in [3.05, 3.63) is 22.5 Å². The second-order valence-electron chi connectivity index (χ2n) is 3.71. The van der Waals surface area contributed by atoms with E-state index in [0.29, 0.717) is 0 Å². The predicted octanol–water partition coefficient (Wildman–Crippen LogP) is 3.10. The predicted molar refractivity (Wildman–Crippen MR) is 59.0 cm³/mol. The molecule has 0 saturated carbocycles. The number of nitrogens with zero attached hydrogens (tertiary/aromatic N) is 1. The highest BCUT2D eigenvalue weighted by Crippen LogP contribution is 2.26. The number of aryl methyl sites for hydroxylation is 2. The standard InChI is InChI=1S/C12H19NO/c1-6-7-14-12-8(2)10(4)13-11(5)9(12)3/h6-7H2,1-5H3. The van der Waals surface area contributed by atoms with E-state index < -0.39 is 0 Å². The van der Waals surface area contributed by atoms with E-state index in [4.69, 9.17) is 4.74 Å². The summed E-state index contributed by atoms with van der Waals surface area (Å²) in [5.74, 6) is 1.02. The lowest BCUT2D eigenvalue weighted by Crippen LogP contribution is -2.04. The molecule has 1 aromatic heterocycles. The molecule has 0 unspecified atom stereocenters. The fourth-order valence-electron chi connectivity index (χ4n) is 1.45. The van der Waals surface area contributed by atoms with E-state index in [1.807, 2.05) is 13.8 Å². The maximum atomic E-state index is 5.74. The summed E-state index contributed by atoms with van der Waals surface area (Å²) in [7, 11) is 0. The van der Waals surface area contributed by atoms with Gasteiger partial charge in [0.25, 0.3) is 0 Å². The minimum Gasteiger partial charge on any atom is -0.493 e. The summed E-state index contributed by atoms with van der Waals surface area (Å²) in [6, 6.07) is 0. The lowest BCUT2D eigenvalue weighted by atomic mass is 10.1. The van der Waals surface area contributed by atoms with Crippen LogP contribution in [0.5, 0.6) is 5.75 Å². The minimum atomic E-state index is 0.782. The third-order valence-corrected chi connectivity index (χ3v) is 2.55. The van der Waals surface area contributed by atoms with E-state index in [1.54, 1.807) is 0 Å². The van der Waals surface area contributed by atoms with Crippen molar-refractivity contribution in [2.24, 2.45) is 0 Å². The van der Waals surface area contributed by atoms with Crippen LogP contribution < -0.4 is 4.74 Å². The summed E-state index contributed by atoms with van der Waals surface area (Å²) in [4.78, 5) is 4.46. The maximum absolute atomic E-state index is 5.74. The van der Waals surface area contributed by atoms with Gasteiger partial charge in [-0.15, -0.1) is 0 Å². The molecule has 0 N–H and O–H groups in total. The molecule has 2 heteroatoms. The molecule has 0 aliphatic heterocycles. The van der Waals surface area contributed by atoms with Crippen LogP contribution in [0.4, 0.5) is 0 Å². The van der Waals surface area contributed by atoms with Crippen molar-refractivity contribution in [3.8, 4) is 5.75 Å². The van der Waals surface area contributed by atoms with Crippen LogP contribution in [-0.2, 0) is 0 Å². The second kappa shape index (κ2) is 4.45. The summed E-state index contributed by atoms with van der Waals surface area (Å²) in [6.07, 6.45) is 1.04. The molecule has 0 atom stereocenters. The minimum absolute atomic E-state index is 0.782. The van der Waals surface area contributed by atoms with Crippen molar-refractivity contribution in [2.75, 3.05) is 6.61 Å². The summed E-state index contributed by atoms with van der Waals surface area (Å²) < 4.78 is 5.74. The Morgan fingerprint density at radius 2 is 1.50 bits per heavy atom. The molecule has 1 heterocycles. The quantitative estimate of drug-likeness (QED) is 0.736. The van der Waals surface area contributed by atoms with Gasteiger partial charge in [0, 0.05) is 22.5 Å². The van der Waals surface area contributed by atoms with E-state index in [0.717, 1.165) is 30.2 Å². The molecule has 0 bridgehead atoms. The Kier molecular flexibility index (Phi) is 3.50. The molecular weight excluding hydrogens is 174 g/mol. The van der Waals surface area contributed by atoms with Gasteiger partial charge in [-0.25, -0.2) is 0 Å². The van der Waals surface area contributed by atoms with E-state index in [2.05, 4.69) is 25.8 Å². The van der Waals surface area contributed by atoms with Crippen LogP contribution in [0.2, 0.25) is 0 Å². The molecule has 1 rings (SSSR count). The number of aromatic nitrogens is 1. The Bertz CT molecular complexity index is 305. The Hall–Kier alpha value is -1.05. The van der Waals surface area contributed by atoms with Gasteiger partial charge in [0.05, 0.1) is 6.61 Å². The molecule has 0 aliphatic carbocycles. The van der Waals surface area contributed by atoms with Crippen LogP contribution in [-0.4, -0.2) is 11.6 Å². The molecule has 0 fully saturated rings. The van der Waals surface area contributed by atoms with Crippen LogP contribution in [0.25, 0.3) is 0 Å². The molecule has 0 aliphatic rings. The first-order valence-corrected chi connectivity index (χ1v) is 5.15. The van der Waals surface area contributed by atoms with Crippen LogP contribution in [0, 0.1) is 27.7 Å². The van der Waals surface area contributed by atoms with E-state index in [1.165, 1.54) is 11.1 Å². The van der Waals surface area contributed by atoms with Crippen LogP contribution in [0.15, 0.2) is 0 Å². The van der Waals surface area contributed by atoms with Gasteiger partial charge >= 0.3 is 0 Å². The zero-order valence-electron chi connectivity index (χ0n) is 9.77. The first-order chi connectivity index (χ1) is 6.57. The molecule has 0 aromatic carbocycles. The molecule has 0 saturated heterocycles. The van der Waals surface area contributed by atoms with Crippen LogP contribution in [0.1, 0.15) is 35.9 Å². The van der Waals surface area contributed by atoms with Gasteiger partial charge in [-0.3, -0.25) is 4.98 Å². The topological polar surface area (TPSA) is 22.1 Å².